The Morgan fingerprint density at radius 2 is 1.93 bits per heavy atom. The monoisotopic (exact) mass is 443 g/mol. The molecule has 0 amide bonds. The Labute approximate surface area is 172 Å². The van der Waals surface area contributed by atoms with Gasteiger partial charge in [0.2, 0.25) is 4.90 Å². The normalized spacial score (nSPS) is 21.3. The summed E-state index contributed by atoms with van der Waals surface area (Å²) in [4.78, 5) is 5.70. The third-order valence-corrected chi connectivity index (χ3v) is 7.71. The number of alkyl halides is 3. The van der Waals surface area contributed by atoms with Crippen LogP contribution in [-0.2, 0) is 25.6 Å². The smallest absolute Gasteiger partial charge is 0.416 e. The number of rotatable bonds is 3. The highest BCUT2D eigenvalue weighted by Crippen LogP contribution is 2.40. The van der Waals surface area contributed by atoms with Crippen LogP contribution in [0, 0.1) is 13.8 Å². The fourth-order valence-corrected chi connectivity index (χ4v) is 5.66. The Bertz CT molecular complexity index is 1020. The molecule has 11 heteroatoms. The Kier molecular flexibility index (Phi) is 5.02. The summed E-state index contributed by atoms with van der Waals surface area (Å²) >= 11 is 0. The second-order valence-corrected chi connectivity index (χ2v) is 9.50. The minimum absolute atomic E-state index is 0.0756. The molecule has 2 aromatic rings. The molecule has 0 N–H and O–H groups in total. The van der Waals surface area contributed by atoms with Gasteiger partial charge in [0.1, 0.15) is 11.3 Å². The molecule has 0 saturated carbocycles. The number of hydrogen-bond acceptors (Lipinski definition) is 6. The first-order valence-corrected chi connectivity index (χ1v) is 10.8. The maximum atomic E-state index is 13.0. The highest BCUT2D eigenvalue weighted by molar-refractivity contribution is 7.95. The van der Waals surface area contributed by atoms with Crippen LogP contribution in [0.5, 0.6) is 0 Å². The van der Waals surface area contributed by atoms with Crippen molar-refractivity contribution in [3.63, 3.8) is 0 Å². The second-order valence-electron chi connectivity index (χ2n) is 7.63. The van der Waals surface area contributed by atoms with E-state index in [1.165, 1.54) is 10.4 Å². The van der Waals surface area contributed by atoms with Crippen LogP contribution in [0.15, 0.2) is 38.8 Å². The largest absolute Gasteiger partial charge is 0.593 e. The lowest BCUT2D eigenvalue weighted by atomic mass is 9.86. The summed E-state index contributed by atoms with van der Waals surface area (Å²) in [5.74, 6) is 0.236. The van der Waals surface area contributed by atoms with Gasteiger partial charge in [-0.1, -0.05) is 26.7 Å². The molecule has 4 rings (SSSR count). The van der Waals surface area contributed by atoms with Gasteiger partial charge in [-0.2, -0.15) is 13.2 Å². The van der Waals surface area contributed by atoms with Crippen molar-refractivity contribution >= 4 is 16.1 Å². The summed E-state index contributed by atoms with van der Waals surface area (Å²) in [5, 5.41) is 7.74. The van der Waals surface area contributed by atoms with Gasteiger partial charge in [0.05, 0.1) is 11.3 Å². The van der Waals surface area contributed by atoms with Crippen LogP contribution < -0.4 is 0 Å². The highest BCUT2D eigenvalue weighted by Gasteiger charge is 2.47. The van der Waals surface area contributed by atoms with E-state index in [9.17, 15) is 21.9 Å². The first-order valence-electron chi connectivity index (χ1n) is 9.38. The van der Waals surface area contributed by atoms with E-state index in [-0.39, 0.29) is 23.7 Å². The van der Waals surface area contributed by atoms with Crippen LogP contribution in [0.25, 0.3) is 0 Å². The Morgan fingerprint density at radius 1 is 1.23 bits per heavy atom. The molecular formula is C19H20F3N3O4S. The van der Waals surface area contributed by atoms with Crippen molar-refractivity contribution in [1.29, 1.82) is 0 Å². The van der Waals surface area contributed by atoms with Crippen molar-refractivity contribution in [3.05, 3.63) is 46.8 Å². The molecule has 2 aliphatic rings. The van der Waals surface area contributed by atoms with Gasteiger partial charge >= 0.3 is 6.18 Å². The van der Waals surface area contributed by atoms with Gasteiger partial charge in [-0.15, -0.1) is 4.31 Å². The fourth-order valence-electron chi connectivity index (χ4n) is 3.93. The van der Waals surface area contributed by atoms with E-state index in [1.54, 1.807) is 19.9 Å². The van der Waals surface area contributed by atoms with Gasteiger partial charge in [0, 0.05) is 44.8 Å². The van der Waals surface area contributed by atoms with Crippen molar-refractivity contribution in [3.8, 4) is 0 Å². The molecule has 1 aromatic heterocycles. The first kappa shape index (κ1) is 21.0. The molecule has 162 valence electrons. The summed E-state index contributed by atoms with van der Waals surface area (Å²) in [6, 6.07) is 4.96. The van der Waals surface area contributed by atoms with Gasteiger partial charge < -0.3 is 13.9 Å². The number of nitrogens with zero attached hydrogens (tertiary/aromatic N) is 3. The van der Waals surface area contributed by atoms with E-state index in [2.05, 4.69) is 10.3 Å². The van der Waals surface area contributed by atoms with Crippen LogP contribution >= 0.6 is 0 Å². The van der Waals surface area contributed by atoms with E-state index >= 15 is 0 Å². The van der Waals surface area contributed by atoms with Crippen molar-refractivity contribution in [1.82, 2.24) is 9.46 Å². The van der Waals surface area contributed by atoms with Crippen LogP contribution in [0.4, 0.5) is 13.2 Å². The minimum Gasteiger partial charge on any atom is -0.593 e. The Balaban J connectivity index is 1.46. The first-order chi connectivity index (χ1) is 14.0. The summed E-state index contributed by atoms with van der Waals surface area (Å²) in [6.07, 6.45) is -3.36. The van der Waals surface area contributed by atoms with Gasteiger partial charge in [-0.25, -0.2) is 0 Å². The minimum atomic E-state index is -4.44. The molecule has 1 atom stereocenters. The lowest BCUT2D eigenvalue weighted by molar-refractivity contribution is -0.137. The van der Waals surface area contributed by atoms with E-state index in [0.29, 0.717) is 36.2 Å². The Hall–Kier alpha value is -2.24. The molecule has 0 bridgehead atoms. The number of hydrogen-bond donors (Lipinski definition) is 0. The molecule has 1 fully saturated rings. The van der Waals surface area contributed by atoms with E-state index in [1.807, 2.05) is 0 Å². The second kappa shape index (κ2) is 7.17. The lowest BCUT2D eigenvalue weighted by Crippen LogP contribution is -2.49. The quantitative estimate of drug-likeness (QED) is 0.672. The summed E-state index contributed by atoms with van der Waals surface area (Å²) in [5.41, 5.74) is -0.367. The van der Waals surface area contributed by atoms with E-state index in [0.717, 1.165) is 12.1 Å². The van der Waals surface area contributed by atoms with Crippen LogP contribution in [-0.4, -0.2) is 38.4 Å². The van der Waals surface area contributed by atoms with Gasteiger partial charge in [-0.3, -0.25) is 0 Å². The van der Waals surface area contributed by atoms with Crippen LogP contribution in [0.1, 0.15) is 41.8 Å². The topological polar surface area (TPSA) is 91.0 Å². The molecule has 0 radical (unpaired) electrons. The number of halogens is 3. The van der Waals surface area contributed by atoms with Crippen LogP contribution in [0.3, 0.4) is 0 Å². The number of aromatic nitrogens is 1. The van der Waals surface area contributed by atoms with Crippen molar-refractivity contribution < 1.29 is 31.3 Å². The molecule has 1 spiro atoms. The molecule has 7 nitrogen and oxygen atoms in total. The van der Waals surface area contributed by atoms with Crippen molar-refractivity contribution in [2.75, 3.05) is 13.1 Å². The molecular weight excluding hydrogens is 423 g/mol. The summed E-state index contributed by atoms with van der Waals surface area (Å²) in [6.45, 7) is 3.53. The number of benzene rings is 1. The molecule has 3 heterocycles. The number of aryl methyl sites for hydroxylation is 2. The predicted octanol–water partition coefficient (Wildman–Crippen LogP) is 3.87. The SMILES string of the molecule is Cc1noc(C)c1[S+](=O)([O-])N1CCC2(CC1)CC(c1cccc(C(F)(F)F)c1)=NO2. The zero-order valence-electron chi connectivity index (χ0n) is 16.4. The number of oxime groups is 1. The fraction of sp³-hybridized carbons (Fsp3) is 0.474. The third-order valence-electron chi connectivity index (χ3n) is 5.56. The van der Waals surface area contributed by atoms with Gasteiger partial charge in [0.15, 0.2) is 16.2 Å². The standard InChI is InChI=1S/C19H20F3N3O4S/c1-12-17(13(2)28-23-12)30(26,27)25-8-6-18(7-9-25)11-16(24-29-18)14-4-3-5-15(10-14)19(20,21)22/h3-5,10H,6-9,11H2,1-2H3. The average molecular weight is 443 g/mol. The van der Waals surface area contributed by atoms with E-state index in [4.69, 9.17) is 9.36 Å². The number of sulfonamides is 1. The molecule has 1 aromatic carbocycles. The molecule has 1 unspecified atom stereocenters. The van der Waals surface area contributed by atoms with E-state index < -0.39 is 27.7 Å². The molecule has 0 aliphatic carbocycles. The maximum Gasteiger partial charge on any atom is 0.416 e. The molecule has 30 heavy (non-hydrogen) atoms. The lowest BCUT2D eigenvalue weighted by Gasteiger charge is -2.37. The number of piperidine rings is 1. The summed E-state index contributed by atoms with van der Waals surface area (Å²) < 4.78 is 71.2. The van der Waals surface area contributed by atoms with Gasteiger partial charge in [0.25, 0.3) is 0 Å². The maximum absolute atomic E-state index is 13.0. The van der Waals surface area contributed by atoms with Crippen molar-refractivity contribution in [2.45, 2.75) is 49.8 Å². The van der Waals surface area contributed by atoms with Gasteiger partial charge in [-0.05, 0) is 19.1 Å². The zero-order valence-corrected chi connectivity index (χ0v) is 17.2. The zero-order chi connectivity index (χ0) is 21.7. The van der Waals surface area contributed by atoms with Crippen molar-refractivity contribution in [2.24, 2.45) is 5.16 Å². The predicted molar refractivity (Wildman–Crippen MR) is 100 cm³/mol. The third kappa shape index (κ3) is 3.65. The Morgan fingerprint density at radius 3 is 2.53 bits per heavy atom. The highest BCUT2D eigenvalue weighted by atomic mass is 32.3. The summed E-state index contributed by atoms with van der Waals surface area (Å²) in [7, 11) is -3.75. The average Bonchev–Trinajstić information content (AvgIpc) is 3.25. The molecule has 2 aliphatic heterocycles. The molecule has 1 saturated heterocycles. The van der Waals surface area contributed by atoms with Crippen LogP contribution in [0.2, 0.25) is 0 Å².